The zero-order valence-electron chi connectivity index (χ0n) is 57.6. The summed E-state index contributed by atoms with van der Waals surface area (Å²) in [6.07, 6.45) is 5.79. The monoisotopic (exact) mass is 1300 g/mol. The molecule has 0 radical (unpaired) electrons. The fourth-order valence-corrected chi connectivity index (χ4v) is 11.3. The molecule has 0 saturated heterocycles. The molecule has 0 aromatic heterocycles. The van der Waals surface area contributed by atoms with Gasteiger partial charge in [-0.2, -0.15) is 11.8 Å². The van der Waals surface area contributed by atoms with Gasteiger partial charge in [0.1, 0.15) is 42.3 Å². The predicted molar refractivity (Wildman–Crippen MR) is 352 cm³/mol. The number of unbranched alkanes of at least 4 members (excludes halogenated alkanes) is 4. The lowest BCUT2D eigenvalue weighted by atomic mass is 9.94. The molecule has 1 aromatic rings. The minimum atomic E-state index is -1.26. The lowest BCUT2D eigenvalue weighted by molar-refractivity contribution is -0.146. The van der Waals surface area contributed by atoms with Gasteiger partial charge in [0.15, 0.2) is 0 Å². The number of carboxylic acid groups (broad SMARTS) is 1. The smallest absolute Gasteiger partial charge is 0.335 e. The summed E-state index contributed by atoms with van der Waals surface area (Å²) in [5, 5.41) is 34.3. The SMILES string of the molecule is CNC(=O)[C@H](CC(C)C)N(C)C(=O)NC(=O)[C@@H](C)NC(=O)[C@H](CC(C)C)N(C)C(=O)[C@@H](NC(=O)[C@H](CC(C)C)N(C)C(=O)[C@@H](CSCCCCO)N(C)C(=O)NC(=O)C(C[C@H](C)CCCCCCNC(=O)c1cccc(C(=O)O)c1)N(C)C(=O)CC(C)C)C(C)C. The first kappa shape index (κ1) is 82.2. The van der Waals surface area contributed by atoms with Crippen LogP contribution in [-0.4, -0.2) is 215 Å². The van der Waals surface area contributed by atoms with Crippen molar-refractivity contribution >= 4 is 83.0 Å². The van der Waals surface area contributed by atoms with Crippen molar-refractivity contribution in [2.75, 3.05) is 66.9 Å². The Hall–Kier alpha value is -6.83. The molecule has 0 aliphatic carbocycles. The van der Waals surface area contributed by atoms with Crippen molar-refractivity contribution in [1.29, 1.82) is 0 Å². The number of aliphatic hydroxyl groups excluding tert-OH is 1. The molecule has 0 bridgehead atoms. The molecule has 1 rings (SSSR count). The first-order chi connectivity index (χ1) is 42.5. The molecule has 91 heavy (non-hydrogen) atoms. The molecule has 516 valence electrons. The van der Waals surface area contributed by atoms with Crippen LogP contribution in [0.2, 0.25) is 0 Å². The number of thioether (sulfide) groups is 1. The van der Waals surface area contributed by atoms with Gasteiger partial charge in [-0.15, -0.1) is 0 Å². The number of rotatable bonds is 40. The third kappa shape index (κ3) is 28.7. The molecule has 0 saturated carbocycles. The number of hydrogen-bond acceptors (Lipinski definition) is 14. The highest BCUT2D eigenvalue weighted by molar-refractivity contribution is 7.99. The Morgan fingerprint density at radius 1 is 0.516 bits per heavy atom. The van der Waals surface area contributed by atoms with Crippen LogP contribution in [0.25, 0.3) is 0 Å². The summed E-state index contributed by atoms with van der Waals surface area (Å²) < 4.78 is 0. The topological polar surface area (TPSA) is 334 Å². The first-order valence-electron chi connectivity index (χ1n) is 32.1. The largest absolute Gasteiger partial charge is 0.478 e. The van der Waals surface area contributed by atoms with Crippen molar-refractivity contribution in [2.45, 2.75) is 202 Å². The van der Waals surface area contributed by atoms with E-state index in [2.05, 4.69) is 31.9 Å². The Morgan fingerprint density at radius 2 is 1.01 bits per heavy atom. The second-order valence-corrected chi connectivity index (χ2v) is 27.2. The van der Waals surface area contributed by atoms with E-state index >= 15 is 0 Å². The number of aliphatic hydroxyl groups is 1. The number of likely N-dealkylation sites (N-methyl/N-ethyl adjacent to an activating group) is 6. The average Bonchev–Trinajstić information content (AvgIpc) is 1.27. The second-order valence-electron chi connectivity index (χ2n) is 26.0. The fraction of sp³-hybridized carbons (Fsp3) is 0.723. The van der Waals surface area contributed by atoms with Gasteiger partial charge in [0, 0.05) is 73.2 Å². The van der Waals surface area contributed by atoms with E-state index in [1.165, 1.54) is 93.9 Å². The van der Waals surface area contributed by atoms with E-state index < -0.39 is 108 Å². The molecule has 0 aliphatic rings. The van der Waals surface area contributed by atoms with Crippen LogP contribution in [0.5, 0.6) is 0 Å². The van der Waals surface area contributed by atoms with E-state index in [-0.39, 0.29) is 90.6 Å². The van der Waals surface area contributed by atoms with Crippen molar-refractivity contribution in [3.8, 4) is 0 Å². The van der Waals surface area contributed by atoms with Gasteiger partial charge in [-0.05, 0) is 111 Å². The molecule has 0 heterocycles. The van der Waals surface area contributed by atoms with Crippen LogP contribution in [0.1, 0.15) is 181 Å². The zero-order valence-corrected chi connectivity index (χ0v) is 58.4. The van der Waals surface area contributed by atoms with Gasteiger partial charge in [0.25, 0.3) is 11.8 Å². The number of benzene rings is 1. The molecule has 25 nitrogen and oxygen atoms in total. The quantitative estimate of drug-likeness (QED) is 0.0364. The van der Waals surface area contributed by atoms with Crippen LogP contribution in [0, 0.1) is 35.5 Å². The number of urea groups is 2. The highest BCUT2D eigenvalue weighted by Crippen LogP contribution is 2.23. The Bertz CT molecular complexity index is 2570. The number of nitrogens with zero attached hydrogens (tertiary/aromatic N) is 5. The van der Waals surface area contributed by atoms with Crippen LogP contribution in [0.3, 0.4) is 0 Å². The summed E-state index contributed by atoms with van der Waals surface area (Å²) >= 11 is 1.34. The fourth-order valence-electron chi connectivity index (χ4n) is 10.1. The lowest BCUT2D eigenvalue weighted by Gasteiger charge is -2.37. The van der Waals surface area contributed by atoms with Gasteiger partial charge in [0.05, 0.1) is 5.56 Å². The van der Waals surface area contributed by atoms with Crippen LogP contribution in [0.4, 0.5) is 9.59 Å². The standard InChI is InChI=1S/C65H111N11O14S/c1-39(2)32-48(57(81)66-13)75(17)64(89)70-55(79)45(12)68-58(82)49(33-40(3)4)74(16)62(86)54(43(9)10)69-59(83)50(34-41(5)6)73(15)61(85)52(38-91-31-24-23-30-77)76(18)65(90)71-60(84)51(72(14)53(78)35-42(7)8)36-44(11)26-21-19-20-22-29-67-56(80)46-27-25-28-47(37-46)63(87)88/h25,27-28,37,39-45,48-52,54,77H,19-24,26,29-36,38H2,1-18H3,(H,66,81)(H,67,80)(H,68,82)(H,69,83)(H,87,88)(H,70,79,89)(H,71,84,90)/t44-,45-,48+,49+,50+,51?,52-,54+/m1/s1. The normalized spacial score (nSPS) is 14.0. The van der Waals surface area contributed by atoms with Crippen molar-refractivity contribution < 1.29 is 67.7 Å². The molecule has 13 amide bonds. The predicted octanol–water partition coefficient (Wildman–Crippen LogP) is 5.73. The highest BCUT2D eigenvalue weighted by atomic mass is 32.2. The van der Waals surface area contributed by atoms with Crippen LogP contribution in [-0.2, 0) is 38.4 Å². The highest BCUT2D eigenvalue weighted by Gasteiger charge is 2.41. The van der Waals surface area contributed by atoms with Crippen molar-refractivity contribution in [2.24, 2.45) is 35.5 Å². The minimum Gasteiger partial charge on any atom is -0.478 e. The molecule has 26 heteroatoms. The summed E-state index contributed by atoms with van der Waals surface area (Å²) in [5.74, 6) is -6.86. The van der Waals surface area contributed by atoms with Gasteiger partial charge in [-0.3, -0.25) is 53.8 Å². The van der Waals surface area contributed by atoms with Crippen LogP contribution >= 0.6 is 11.8 Å². The van der Waals surface area contributed by atoms with Gasteiger partial charge in [-0.25, -0.2) is 14.4 Å². The summed E-state index contributed by atoms with van der Waals surface area (Å²) in [6, 6.07) is -3.98. The average molecular weight is 1300 g/mol. The number of carboxylic acids is 1. The molecule has 0 spiro atoms. The number of nitrogens with one attached hydrogen (secondary N) is 6. The first-order valence-corrected chi connectivity index (χ1v) is 33.2. The number of imide groups is 2. The Labute approximate surface area is 545 Å². The zero-order chi connectivity index (χ0) is 69.6. The van der Waals surface area contributed by atoms with Crippen LogP contribution < -0.4 is 31.9 Å². The van der Waals surface area contributed by atoms with Gasteiger partial charge in [-0.1, -0.05) is 108 Å². The molecule has 8 N–H and O–H groups in total. The van der Waals surface area contributed by atoms with E-state index in [4.69, 9.17) is 0 Å². The maximum Gasteiger partial charge on any atom is 0.335 e. The maximum atomic E-state index is 15.0. The number of aromatic carboxylic acids is 1. The van der Waals surface area contributed by atoms with Crippen LogP contribution in [0.15, 0.2) is 24.3 Å². The van der Waals surface area contributed by atoms with Crippen molar-refractivity contribution in [1.82, 2.24) is 56.4 Å². The number of hydrogen-bond donors (Lipinski definition) is 8. The van der Waals surface area contributed by atoms with Crippen molar-refractivity contribution in [3.63, 3.8) is 0 Å². The summed E-state index contributed by atoms with van der Waals surface area (Å²) in [7, 11) is 8.58. The molecule has 1 aromatic carbocycles. The number of carbonyl (C=O) groups is 12. The summed E-state index contributed by atoms with van der Waals surface area (Å²) in [5.41, 5.74) is 0.274. The van der Waals surface area contributed by atoms with E-state index in [1.54, 1.807) is 19.9 Å². The Morgan fingerprint density at radius 3 is 1.53 bits per heavy atom. The van der Waals surface area contributed by atoms with E-state index in [0.29, 0.717) is 44.4 Å². The minimum absolute atomic E-state index is 0.0187. The number of carbonyl (C=O) groups excluding carboxylic acids is 11. The molecular formula is C65H111N11O14S. The molecule has 0 fully saturated rings. The molecule has 1 unspecified atom stereocenters. The van der Waals surface area contributed by atoms with Gasteiger partial charge < -0.3 is 56.0 Å². The third-order valence-electron chi connectivity index (χ3n) is 15.8. The van der Waals surface area contributed by atoms with Crippen molar-refractivity contribution in [3.05, 3.63) is 35.4 Å². The Kier molecular flexibility index (Phi) is 37.6. The lowest BCUT2D eigenvalue weighted by Crippen LogP contribution is -2.61. The van der Waals surface area contributed by atoms with E-state index in [1.807, 2.05) is 62.3 Å². The molecule has 8 atom stereocenters. The molecule has 0 aliphatic heterocycles. The van der Waals surface area contributed by atoms with Gasteiger partial charge >= 0.3 is 18.0 Å². The van der Waals surface area contributed by atoms with E-state index in [0.717, 1.165) is 29.1 Å². The van der Waals surface area contributed by atoms with E-state index in [9.17, 15) is 67.7 Å². The van der Waals surface area contributed by atoms with Gasteiger partial charge in [0.2, 0.25) is 41.4 Å². The molecular weight excluding hydrogens is 1190 g/mol. The summed E-state index contributed by atoms with van der Waals surface area (Å²) in [6.45, 7) is 22.1. The maximum absolute atomic E-state index is 15.0. The second kappa shape index (κ2) is 41.6. The summed E-state index contributed by atoms with van der Waals surface area (Å²) in [4.78, 5) is 170. The third-order valence-corrected chi connectivity index (χ3v) is 16.9. The number of amides is 13. The Balaban J connectivity index is 3.43.